The third-order valence-electron chi connectivity index (χ3n) is 1.01. The summed E-state index contributed by atoms with van der Waals surface area (Å²) >= 11 is 0. The first kappa shape index (κ1) is 10.1. The maximum Gasteiger partial charge on any atom is 0.123 e. The maximum atomic E-state index is 12.1. The van der Waals surface area contributed by atoms with Gasteiger partial charge in [-0.1, -0.05) is 17.7 Å². The van der Waals surface area contributed by atoms with E-state index >= 15 is 0 Å². The van der Waals surface area contributed by atoms with Crippen molar-refractivity contribution in [2.45, 2.75) is 6.92 Å². The van der Waals surface area contributed by atoms with E-state index in [2.05, 4.69) is 5.32 Å². The zero-order chi connectivity index (χ0) is 8.69. The molecular formula is C9H14FN. The van der Waals surface area contributed by atoms with E-state index in [9.17, 15) is 4.39 Å². The Morgan fingerprint density at radius 1 is 1.09 bits per heavy atom. The summed E-state index contributed by atoms with van der Waals surface area (Å²) in [6.45, 7) is 1.93. The molecule has 0 aliphatic carbocycles. The zero-order valence-corrected chi connectivity index (χ0v) is 7.19. The van der Waals surface area contributed by atoms with Gasteiger partial charge in [-0.25, -0.2) is 4.39 Å². The lowest BCUT2D eigenvalue weighted by Gasteiger charge is -1.87. The number of hydrogen-bond acceptors (Lipinski definition) is 1. The lowest BCUT2D eigenvalue weighted by atomic mass is 10.2. The monoisotopic (exact) mass is 155 g/mol. The van der Waals surface area contributed by atoms with Crippen LogP contribution >= 0.6 is 0 Å². The van der Waals surface area contributed by atoms with Gasteiger partial charge in [0.1, 0.15) is 5.82 Å². The lowest BCUT2D eigenvalue weighted by molar-refractivity contribution is 0.627. The second-order valence-electron chi connectivity index (χ2n) is 2.30. The number of halogens is 1. The van der Waals surface area contributed by atoms with Gasteiger partial charge in [0.15, 0.2) is 0 Å². The number of hydrogen-bond donors (Lipinski definition) is 1. The standard InChI is InChI=1S/C7H7F.C2H7N/c1-6-2-4-7(8)5-3-6;1-3-2/h2-5H,1H3;3H,1-2H3. The van der Waals surface area contributed by atoms with Crippen molar-refractivity contribution in [1.82, 2.24) is 5.32 Å². The molecule has 1 nitrogen and oxygen atoms in total. The zero-order valence-electron chi connectivity index (χ0n) is 7.19. The normalized spacial score (nSPS) is 8.36. The van der Waals surface area contributed by atoms with E-state index in [0.717, 1.165) is 5.56 Å². The Morgan fingerprint density at radius 3 is 1.73 bits per heavy atom. The molecule has 0 bridgehead atoms. The van der Waals surface area contributed by atoms with Crippen LogP contribution < -0.4 is 5.32 Å². The largest absolute Gasteiger partial charge is 0.323 e. The van der Waals surface area contributed by atoms with Crippen molar-refractivity contribution < 1.29 is 4.39 Å². The molecule has 0 amide bonds. The molecule has 0 aromatic heterocycles. The van der Waals surface area contributed by atoms with Crippen LogP contribution in [0.15, 0.2) is 24.3 Å². The van der Waals surface area contributed by atoms with E-state index in [0.29, 0.717) is 0 Å². The van der Waals surface area contributed by atoms with Crippen LogP contribution in [0, 0.1) is 12.7 Å². The summed E-state index contributed by atoms with van der Waals surface area (Å²) in [6.07, 6.45) is 0. The summed E-state index contributed by atoms with van der Waals surface area (Å²) in [5.41, 5.74) is 1.09. The Hall–Kier alpha value is -0.890. The minimum absolute atomic E-state index is 0.171. The minimum atomic E-state index is -0.171. The van der Waals surface area contributed by atoms with Crippen molar-refractivity contribution >= 4 is 0 Å². The second kappa shape index (κ2) is 5.86. The molecule has 0 radical (unpaired) electrons. The molecule has 0 fully saturated rings. The molecule has 2 heteroatoms. The summed E-state index contributed by atoms with van der Waals surface area (Å²) in [4.78, 5) is 0. The Balaban J connectivity index is 0.000000292. The van der Waals surface area contributed by atoms with E-state index in [1.165, 1.54) is 12.1 Å². The predicted molar refractivity (Wildman–Crippen MR) is 46.1 cm³/mol. The fourth-order valence-electron chi connectivity index (χ4n) is 0.533. The lowest BCUT2D eigenvalue weighted by Crippen LogP contribution is -1.89. The highest BCUT2D eigenvalue weighted by Gasteiger charge is 1.83. The molecule has 62 valence electrons. The fourth-order valence-corrected chi connectivity index (χ4v) is 0.533. The summed E-state index contributed by atoms with van der Waals surface area (Å²) in [5, 5.41) is 2.75. The first-order chi connectivity index (χ1) is 5.20. The van der Waals surface area contributed by atoms with Crippen molar-refractivity contribution in [3.05, 3.63) is 35.6 Å². The van der Waals surface area contributed by atoms with Crippen molar-refractivity contribution in [1.29, 1.82) is 0 Å². The molecule has 1 aromatic rings. The van der Waals surface area contributed by atoms with Crippen LogP contribution in [0.25, 0.3) is 0 Å². The molecule has 0 aliphatic heterocycles. The van der Waals surface area contributed by atoms with Crippen molar-refractivity contribution in [2.75, 3.05) is 14.1 Å². The minimum Gasteiger partial charge on any atom is -0.323 e. The van der Waals surface area contributed by atoms with Gasteiger partial charge in [0.25, 0.3) is 0 Å². The number of nitrogens with one attached hydrogen (secondary N) is 1. The number of rotatable bonds is 0. The molecule has 0 aliphatic rings. The molecule has 11 heavy (non-hydrogen) atoms. The average Bonchev–Trinajstić information content (AvgIpc) is 1.97. The molecule has 0 heterocycles. The smallest absolute Gasteiger partial charge is 0.123 e. The Bertz CT molecular complexity index is 160. The van der Waals surface area contributed by atoms with E-state index < -0.39 is 0 Å². The van der Waals surface area contributed by atoms with E-state index in [1.54, 1.807) is 12.1 Å². The molecule has 0 saturated heterocycles. The van der Waals surface area contributed by atoms with Crippen LogP contribution in [0.4, 0.5) is 4.39 Å². The van der Waals surface area contributed by atoms with Crippen molar-refractivity contribution in [2.24, 2.45) is 0 Å². The molecule has 0 atom stereocenters. The van der Waals surface area contributed by atoms with Gasteiger partial charge < -0.3 is 5.32 Å². The van der Waals surface area contributed by atoms with Crippen LogP contribution in [-0.4, -0.2) is 14.1 Å². The van der Waals surface area contributed by atoms with Gasteiger partial charge in [0.05, 0.1) is 0 Å². The van der Waals surface area contributed by atoms with Crippen LogP contribution in [0.5, 0.6) is 0 Å². The first-order valence-corrected chi connectivity index (χ1v) is 3.51. The van der Waals surface area contributed by atoms with Gasteiger partial charge in [0.2, 0.25) is 0 Å². The van der Waals surface area contributed by atoms with Gasteiger partial charge in [0, 0.05) is 0 Å². The number of aryl methyl sites for hydroxylation is 1. The van der Waals surface area contributed by atoms with E-state index in [4.69, 9.17) is 0 Å². The summed E-state index contributed by atoms with van der Waals surface area (Å²) in [5.74, 6) is -0.171. The predicted octanol–water partition coefficient (Wildman–Crippen LogP) is 1.97. The van der Waals surface area contributed by atoms with Gasteiger partial charge in [-0.15, -0.1) is 0 Å². The highest BCUT2D eigenvalue weighted by atomic mass is 19.1. The molecule has 0 saturated carbocycles. The third kappa shape index (κ3) is 5.55. The van der Waals surface area contributed by atoms with Crippen LogP contribution in [0.3, 0.4) is 0 Å². The molecule has 1 aromatic carbocycles. The fraction of sp³-hybridized carbons (Fsp3) is 0.333. The highest BCUT2D eigenvalue weighted by Crippen LogP contribution is 1.98. The van der Waals surface area contributed by atoms with Crippen molar-refractivity contribution in [3.8, 4) is 0 Å². The third-order valence-corrected chi connectivity index (χ3v) is 1.01. The Labute approximate surface area is 67.2 Å². The summed E-state index contributed by atoms with van der Waals surface area (Å²) in [7, 11) is 3.75. The van der Waals surface area contributed by atoms with E-state index in [1.807, 2.05) is 21.0 Å². The van der Waals surface area contributed by atoms with Crippen molar-refractivity contribution in [3.63, 3.8) is 0 Å². The molecule has 1 N–H and O–H groups in total. The molecular weight excluding hydrogens is 141 g/mol. The van der Waals surface area contributed by atoms with Gasteiger partial charge in [-0.2, -0.15) is 0 Å². The SMILES string of the molecule is CNC.Cc1ccc(F)cc1. The Morgan fingerprint density at radius 2 is 1.45 bits per heavy atom. The second-order valence-corrected chi connectivity index (χ2v) is 2.30. The first-order valence-electron chi connectivity index (χ1n) is 3.51. The summed E-state index contributed by atoms with van der Waals surface area (Å²) in [6, 6.07) is 6.40. The van der Waals surface area contributed by atoms with Crippen LogP contribution in [0.2, 0.25) is 0 Å². The molecule has 1 rings (SSSR count). The average molecular weight is 155 g/mol. The molecule has 0 spiro atoms. The van der Waals surface area contributed by atoms with E-state index in [-0.39, 0.29) is 5.82 Å². The van der Waals surface area contributed by atoms with Crippen LogP contribution in [-0.2, 0) is 0 Å². The van der Waals surface area contributed by atoms with Gasteiger partial charge in [-0.05, 0) is 33.2 Å². The number of benzene rings is 1. The van der Waals surface area contributed by atoms with Crippen LogP contribution in [0.1, 0.15) is 5.56 Å². The van der Waals surface area contributed by atoms with Gasteiger partial charge in [-0.3, -0.25) is 0 Å². The topological polar surface area (TPSA) is 12.0 Å². The summed E-state index contributed by atoms with van der Waals surface area (Å²) < 4.78 is 12.1. The molecule has 0 unspecified atom stereocenters. The maximum absolute atomic E-state index is 12.1. The quantitative estimate of drug-likeness (QED) is 0.604. The Kier molecular flexibility index (Phi) is 5.39. The van der Waals surface area contributed by atoms with Gasteiger partial charge >= 0.3 is 0 Å². The highest BCUT2D eigenvalue weighted by molar-refractivity contribution is 5.13.